The Bertz CT molecular complexity index is 125. The number of nitrogens with zero attached hydrogens (tertiary/aromatic N) is 1. The van der Waals surface area contributed by atoms with Crippen LogP contribution in [0.3, 0.4) is 0 Å². The lowest BCUT2D eigenvalue weighted by Crippen LogP contribution is -2.32. The van der Waals surface area contributed by atoms with Crippen LogP contribution in [0.2, 0.25) is 0 Å². The molecule has 0 radical (unpaired) electrons. The molecule has 1 aliphatic rings. The van der Waals surface area contributed by atoms with Gasteiger partial charge in [0.2, 0.25) is 0 Å². The van der Waals surface area contributed by atoms with Gasteiger partial charge < -0.3 is 5.11 Å². The van der Waals surface area contributed by atoms with E-state index in [1.54, 1.807) is 0 Å². The van der Waals surface area contributed by atoms with Gasteiger partial charge in [-0.25, -0.2) is 0 Å². The largest absolute Gasteiger partial charge is 0.480 e. The quantitative estimate of drug-likeness (QED) is 0.593. The topological polar surface area (TPSA) is 40.5 Å². The fourth-order valence-corrected chi connectivity index (χ4v) is 1.22. The average molecular weight is 145 g/mol. The van der Waals surface area contributed by atoms with Gasteiger partial charge in [0.1, 0.15) is 6.04 Å². The van der Waals surface area contributed by atoms with E-state index in [4.69, 9.17) is 5.11 Å². The molecule has 60 valence electrons. The molecule has 1 heterocycles. The molecule has 1 saturated heterocycles. The second-order valence-corrected chi connectivity index (χ2v) is 2.48. The van der Waals surface area contributed by atoms with Crippen molar-refractivity contribution in [1.29, 1.82) is 0 Å². The normalized spacial score (nSPS) is 25.9. The van der Waals surface area contributed by atoms with E-state index in [9.17, 15) is 4.79 Å². The van der Waals surface area contributed by atoms with Gasteiger partial charge in [-0.3, -0.25) is 9.69 Å². The molecule has 1 N–H and O–H groups in total. The minimum atomic E-state index is -0.685. The summed E-state index contributed by atoms with van der Waals surface area (Å²) in [5, 5.41) is 8.54. The minimum absolute atomic E-state index is 0. The van der Waals surface area contributed by atoms with E-state index in [0.717, 1.165) is 19.4 Å². The van der Waals surface area contributed by atoms with Crippen LogP contribution in [0.4, 0.5) is 0 Å². The lowest BCUT2D eigenvalue weighted by atomic mass is 10.2. The monoisotopic (exact) mass is 145 g/mol. The number of carboxylic acid groups (broad SMARTS) is 1. The summed E-state index contributed by atoms with van der Waals surface area (Å²) in [6, 6.07) is -0.218. The molecule has 0 bridgehead atoms. The first-order valence-electron chi connectivity index (χ1n) is 3.15. The van der Waals surface area contributed by atoms with Crippen LogP contribution in [0, 0.1) is 0 Å². The molecule has 0 aromatic carbocycles. The molecule has 0 saturated carbocycles. The summed E-state index contributed by atoms with van der Waals surface area (Å²) < 4.78 is 0. The molecule has 0 amide bonds. The Morgan fingerprint density at radius 2 is 2.30 bits per heavy atom. The number of hydrogen-bond acceptors (Lipinski definition) is 2. The van der Waals surface area contributed by atoms with Crippen molar-refractivity contribution in [2.45, 2.75) is 26.3 Å². The molecule has 0 unspecified atom stereocenters. The number of carbonyl (C=O) groups is 1. The first-order valence-corrected chi connectivity index (χ1v) is 3.15. The minimum Gasteiger partial charge on any atom is -0.480 e. The Balaban J connectivity index is 0.000000810. The summed E-state index contributed by atoms with van der Waals surface area (Å²) in [5.74, 6) is -0.685. The Morgan fingerprint density at radius 3 is 2.50 bits per heavy atom. The summed E-state index contributed by atoms with van der Waals surface area (Å²) in [4.78, 5) is 12.2. The van der Waals surface area contributed by atoms with Crippen LogP contribution in [0.1, 0.15) is 20.3 Å². The summed E-state index contributed by atoms with van der Waals surface area (Å²) in [5.41, 5.74) is 0. The smallest absolute Gasteiger partial charge is 0.320 e. The van der Waals surface area contributed by atoms with Gasteiger partial charge in [-0.1, -0.05) is 7.43 Å². The predicted molar refractivity (Wildman–Crippen MR) is 40.0 cm³/mol. The molecule has 10 heavy (non-hydrogen) atoms. The van der Waals surface area contributed by atoms with E-state index in [0.29, 0.717) is 0 Å². The lowest BCUT2D eigenvalue weighted by molar-refractivity contribution is -0.141. The van der Waals surface area contributed by atoms with Crippen molar-refractivity contribution >= 4 is 5.97 Å². The number of hydrogen-bond donors (Lipinski definition) is 1. The van der Waals surface area contributed by atoms with Gasteiger partial charge in [0.05, 0.1) is 0 Å². The van der Waals surface area contributed by atoms with E-state index >= 15 is 0 Å². The van der Waals surface area contributed by atoms with Crippen LogP contribution in [0.25, 0.3) is 0 Å². The van der Waals surface area contributed by atoms with Crippen LogP contribution < -0.4 is 0 Å². The van der Waals surface area contributed by atoms with Crippen LogP contribution in [-0.4, -0.2) is 35.6 Å². The molecular formula is C7H15NO2. The lowest BCUT2D eigenvalue weighted by Gasteiger charge is -2.13. The Kier molecular flexibility index (Phi) is 3.36. The van der Waals surface area contributed by atoms with Crippen LogP contribution in [0.5, 0.6) is 0 Å². The Labute approximate surface area is 61.6 Å². The fraction of sp³-hybridized carbons (Fsp3) is 0.857. The van der Waals surface area contributed by atoms with Gasteiger partial charge in [-0.2, -0.15) is 0 Å². The maximum atomic E-state index is 10.4. The molecule has 3 heteroatoms. The summed E-state index contributed by atoms with van der Waals surface area (Å²) in [6.07, 6.45) is 1.83. The number of carboxylic acids is 1. The molecule has 3 nitrogen and oxygen atoms in total. The molecule has 1 atom stereocenters. The average Bonchev–Trinajstić information content (AvgIpc) is 2.13. The standard InChI is InChI=1S/C6H11NO2.CH4/c1-7-4-2-3-5(7)6(8)9;/h5H,2-4H2,1H3,(H,8,9);1H4/t5-;/m0./s1. The molecule has 0 aliphatic carbocycles. The van der Waals surface area contributed by atoms with Crippen molar-refractivity contribution in [3.05, 3.63) is 0 Å². The van der Waals surface area contributed by atoms with Crippen LogP contribution >= 0.6 is 0 Å². The number of likely N-dealkylation sites (tertiary alicyclic amines) is 1. The Morgan fingerprint density at radius 1 is 1.70 bits per heavy atom. The molecular weight excluding hydrogens is 130 g/mol. The van der Waals surface area contributed by atoms with E-state index in [1.807, 2.05) is 11.9 Å². The number of aliphatic carboxylic acids is 1. The van der Waals surface area contributed by atoms with Crippen molar-refractivity contribution in [2.24, 2.45) is 0 Å². The highest BCUT2D eigenvalue weighted by Gasteiger charge is 2.26. The SMILES string of the molecule is C.CN1CCC[C@H]1C(=O)O. The van der Waals surface area contributed by atoms with E-state index < -0.39 is 5.97 Å². The highest BCUT2D eigenvalue weighted by Crippen LogP contribution is 2.13. The predicted octanol–water partition coefficient (Wildman–Crippen LogP) is 0.801. The van der Waals surface area contributed by atoms with Gasteiger partial charge in [0.15, 0.2) is 0 Å². The zero-order valence-corrected chi connectivity index (χ0v) is 5.50. The third-order valence-corrected chi connectivity index (χ3v) is 1.81. The maximum Gasteiger partial charge on any atom is 0.320 e. The first kappa shape index (κ1) is 9.43. The number of likely N-dealkylation sites (N-methyl/N-ethyl adjacent to an activating group) is 1. The van der Waals surface area contributed by atoms with Gasteiger partial charge in [-0.05, 0) is 26.4 Å². The third-order valence-electron chi connectivity index (χ3n) is 1.81. The highest BCUT2D eigenvalue weighted by atomic mass is 16.4. The highest BCUT2D eigenvalue weighted by molar-refractivity contribution is 5.73. The molecule has 0 aromatic rings. The van der Waals surface area contributed by atoms with Crippen molar-refractivity contribution in [3.63, 3.8) is 0 Å². The van der Waals surface area contributed by atoms with Crippen LogP contribution in [0.15, 0.2) is 0 Å². The summed E-state index contributed by atoms with van der Waals surface area (Å²) in [6.45, 7) is 0.928. The molecule has 1 rings (SSSR count). The second-order valence-electron chi connectivity index (χ2n) is 2.48. The van der Waals surface area contributed by atoms with E-state index in [1.165, 1.54) is 0 Å². The zero-order chi connectivity index (χ0) is 6.85. The fourth-order valence-electron chi connectivity index (χ4n) is 1.22. The van der Waals surface area contributed by atoms with Crippen molar-refractivity contribution in [2.75, 3.05) is 13.6 Å². The molecule has 1 fully saturated rings. The molecule has 0 spiro atoms. The maximum absolute atomic E-state index is 10.4. The summed E-state index contributed by atoms with van der Waals surface area (Å²) in [7, 11) is 1.85. The van der Waals surface area contributed by atoms with Crippen LogP contribution in [-0.2, 0) is 4.79 Å². The van der Waals surface area contributed by atoms with E-state index in [2.05, 4.69) is 0 Å². The number of rotatable bonds is 1. The van der Waals surface area contributed by atoms with Crippen molar-refractivity contribution in [3.8, 4) is 0 Å². The zero-order valence-electron chi connectivity index (χ0n) is 5.50. The van der Waals surface area contributed by atoms with Crippen molar-refractivity contribution in [1.82, 2.24) is 4.90 Å². The van der Waals surface area contributed by atoms with Gasteiger partial charge in [0.25, 0.3) is 0 Å². The van der Waals surface area contributed by atoms with Gasteiger partial charge in [0, 0.05) is 0 Å². The molecule has 1 aliphatic heterocycles. The molecule has 0 aromatic heterocycles. The van der Waals surface area contributed by atoms with E-state index in [-0.39, 0.29) is 13.5 Å². The van der Waals surface area contributed by atoms with Gasteiger partial charge >= 0.3 is 5.97 Å². The summed E-state index contributed by atoms with van der Waals surface area (Å²) >= 11 is 0. The second kappa shape index (κ2) is 3.56. The van der Waals surface area contributed by atoms with Crippen molar-refractivity contribution < 1.29 is 9.90 Å². The first-order chi connectivity index (χ1) is 4.22. The third kappa shape index (κ3) is 1.70. The Hall–Kier alpha value is -0.570. The van der Waals surface area contributed by atoms with Gasteiger partial charge in [-0.15, -0.1) is 0 Å².